The quantitative estimate of drug-likeness (QED) is 0.706. The van der Waals surface area contributed by atoms with Crippen LogP contribution in [0.25, 0.3) is 11.1 Å². The Morgan fingerprint density at radius 2 is 1.35 bits per heavy atom. The molecule has 0 aliphatic heterocycles. The van der Waals surface area contributed by atoms with Gasteiger partial charge in [0.2, 0.25) is 0 Å². The van der Waals surface area contributed by atoms with Crippen molar-refractivity contribution in [3.05, 3.63) is 89.4 Å². The minimum Gasteiger partial charge on any atom is -0.483 e. The van der Waals surface area contributed by atoms with Crippen LogP contribution in [0.15, 0.2) is 78.9 Å². The first-order valence-corrected chi connectivity index (χ1v) is 7.82. The maximum atomic E-state index is 9.56. The van der Waals surface area contributed by atoms with E-state index in [1.165, 1.54) is 0 Å². The van der Waals surface area contributed by atoms with Crippen molar-refractivity contribution >= 4 is 11.6 Å². The molecular weight excluding hydrogens is 308 g/mol. The van der Waals surface area contributed by atoms with E-state index in [1.807, 2.05) is 78.9 Å². The van der Waals surface area contributed by atoms with Gasteiger partial charge < -0.3 is 9.84 Å². The fourth-order valence-corrected chi connectivity index (χ4v) is 2.54. The Kier molecular flexibility index (Phi) is 4.96. The summed E-state index contributed by atoms with van der Waals surface area (Å²) in [4.78, 5) is 0. The first kappa shape index (κ1) is 15.6. The minimum atomic E-state index is -0.363. The lowest BCUT2D eigenvalue weighted by Crippen LogP contribution is -2.11. The van der Waals surface area contributed by atoms with Crippen LogP contribution in [-0.4, -0.2) is 11.7 Å². The predicted octanol–water partition coefficient (Wildman–Crippen LogP) is 5.12. The van der Waals surface area contributed by atoms with Crippen molar-refractivity contribution in [3.63, 3.8) is 0 Å². The SMILES string of the molecule is OCC(Oc1ccc(-c2ccc(Cl)cc2)cc1)c1ccccc1. The van der Waals surface area contributed by atoms with E-state index < -0.39 is 0 Å². The average Bonchev–Trinajstić information content (AvgIpc) is 2.62. The smallest absolute Gasteiger partial charge is 0.147 e. The van der Waals surface area contributed by atoms with Gasteiger partial charge in [0.1, 0.15) is 11.9 Å². The lowest BCUT2D eigenvalue weighted by molar-refractivity contribution is 0.116. The highest BCUT2D eigenvalue weighted by Gasteiger charge is 2.11. The first-order chi connectivity index (χ1) is 11.3. The van der Waals surface area contributed by atoms with Crippen LogP contribution in [0, 0.1) is 0 Å². The molecule has 0 bridgehead atoms. The molecule has 0 saturated carbocycles. The summed E-state index contributed by atoms with van der Waals surface area (Å²) in [6.07, 6.45) is -0.363. The minimum absolute atomic E-state index is 0.0665. The molecule has 23 heavy (non-hydrogen) atoms. The number of halogens is 1. The highest BCUT2D eigenvalue weighted by molar-refractivity contribution is 6.30. The molecule has 1 N–H and O–H groups in total. The zero-order chi connectivity index (χ0) is 16.1. The second kappa shape index (κ2) is 7.32. The number of rotatable bonds is 5. The molecule has 0 aromatic heterocycles. The van der Waals surface area contributed by atoms with Gasteiger partial charge in [-0.1, -0.05) is 66.2 Å². The summed E-state index contributed by atoms with van der Waals surface area (Å²) in [5, 5.41) is 10.3. The van der Waals surface area contributed by atoms with Crippen molar-refractivity contribution in [2.45, 2.75) is 6.10 Å². The van der Waals surface area contributed by atoms with Crippen molar-refractivity contribution in [1.29, 1.82) is 0 Å². The Balaban J connectivity index is 1.75. The van der Waals surface area contributed by atoms with E-state index in [9.17, 15) is 5.11 Å². The third-order valence-corrected chi connectivity index (χ3v) is 3.90. The zero-order valence-electron chi connectivity index (χ0n) is 12.5. The van der Waals surface area contributed by atoms with Crippen molar-refractivity contribution < 1.29 is 9.84 Å². The summed E-state index contributed by atoms with van der Waals surface area (Å²) in [7, 11) is 0. The van der Waals surface area contributed by atoms with Gasteiger partial charge in [-0.2, -0.15) is 0 Å². The summed E-state index contributed by atoms with van der Waals surface area (Å²) in [5.41, 5.74) is 3.15. The number of aliphatic hydroxyl groups is 1. The van der Waals surface area contributed by atoms with Crippen LogP contribution >= 0.6 is 11.6 Å². The zero-order valence-corrected chi connectivity index (χ0v) is 13.3. The van der Waals surface area contributed by atoms with Crippen LogP contribution in [0.3, 0.4) is 0 Å². The topological polar surface area (TPSA) is 29.5 Å². The molecule has 0 fully saturated rings. The molecule has 3 rings (SSSR count). The standard InChI is InChI=1S/C20H17ClO2/c21-18-10-6-15(7-11-18)16-8-12-19(13-9-16)23-20(14-22)17-4-2-1-3-5-17/h1-13,20,22H,14H2. The van der Waals surface area contributed by atoms with E-state index in [0.29, 0.717) is 0 Å². The van der Waals surface area contributed by atoms with Gasteiger partial charge in [0.05, 0.1) is 6.61 Å². The molecule has 3 aromatic carbocycles. The highest BCUT2D eigenvalue weighted by atomic mass is 35.5. The van der Waals surface area contributed by atoms with Gasteiger partial charge in [0.15, 0.2) is 0 Å². The molecule has 2 nitrogen and oxygen atoms in total. The Morgan fingerprint density at radius 1 is 0.783 bits per heavy atom. The molecule has 0 aliphatic carbocycles. The first-order valence-electron chi connectivity index (χ1n) is 7.45. The molecule has 3 heteroatoms. The molecular formula is C20H17ClO2. The molecule has 0 spiro atoms. The van der Waals surface area contributed by atoms with Crippen LogP contribution in [0.5, 0.6) is 5.75 Å². The normalized spacial score (nSPS) is 11.9. The Hall–Kier alpha value is -2.29. The second-order valence-electron chi connectivity index (χ2n) is 5.23. The number of ether oxygens (including phenoxy) is 1. The van der Waals surface area contributed by atoms with E-state index in [-0.39, 0.29) is 12.7 Å². The summed E-state index contributed by atoms with van der Waals surface area (Å²) in [6.45, 7) is -0.0665. The van der Waals surface area contributed by atoms with Crippen molar-refractivity contribution in [2.24, 2.45) is 0 Å². The monoisotopic (exact) mass is 324 g/mol. The molecule has 0 aliphatic rings. The summed E-state index contributed by atoms with van der Waals surface area (Å²) >= 11 is 5.91. The lowest BCUT2D eigenvalue weighted by atomic mass is 10.1. The third kappa shape index (κ3) is 3.92. The van der Waals surface area contributed by atoms with Gasteiger partial charge in [-0.15, -0.1) is 0 Å². The number of aliphatic hydroxyl groups excluding tert-OH is 1. The van der Waals surface area contributed by atoms with E-state index in [0.717, 1.165) is 27.5 Å². The van der Waals surface area contributed by atoms with E-state index >= 15 is 0 Å². The lowest BCUT2D eigenvalue weighted by Gasteiger charge is -2.17. The van der Waals surface area contributed by atoms with Gasteiger partial charge in [0.25, 0.3) is 0 Å². The predicted molar refractivity (Wildman–Crippen MR) is 93.8 cm³/mol. The summed E-state index contributed by atoms with van der Waals surface area (Å²) < 4.78 is 5.89. The summed E-state index contributed by atoms with van der Waals surface area (Å²) in [6, 6.07) is 25.2. The van der Waals surface area contributed by atoms with E-state index in [4.69, 9.17) is 16.3 Å². The number of benzene rings is 3. The van der Waals surface area contributed by atoms with Gasteiger partial charge in [-0.05, 0) is 41.0 Å². The maximum Gasteiger partial charge on any atom is 0.147 e. The van der Waals surface area contributed by atoms with Crippen LogP contribution in [0.4, 0.5) is 0 Å². The van der Waals surface area contributed by atoms with Gasteiger partial charge in [0, 0.05) is 5.02 Å². The van der Waals surface area contributed by atoms with E-state index in [1.54, 1.807) is 0 Å². The van der Waals surface area contributed by atoms with Crippen LogP contribution in [0.2, 0.25) is 5.02 Å². The highest BCUT2D eigenvalue weighted by Crippen LogP contribution is 2.26. The van der Waals surface area contributed by atoms with Crippen LogP contribution in [-0.2, 0) is 0 Å². The van der Waals surface area contributed by atoms with Gasteiger partial charge in [-0.3, -0.25) is 0 Å². The van der Waals surface area contributed by atoms with Gasteiger partial charge >= 0.3 is 0 Å². The molecule has 3 aromatic rings. The average molecular weight is 325 g/mol. The Labute approximate surface area is 140 Å². The second-order valence-corrected chi connectivity index (χ2v) is 5.67. The number of hydrogen-bond donors (Lipinski definition) is 1. The third-order valence-electron chi connectivity index (χ3n) is 3.65. The van der Waals surface area contributed by atoms with Crippen molar-refractivity contribution in [2.75, 3.05) is 6.61 Å². The van der Waals surface area contributed by atoms with E-state index in [2.05, 4.69) is 0 Å². The molecule has 0 amide bonds. The molecule has 0 radical (unpaired) electrons. The van der Waals surface area contributed by atoms with Crippen molar-refractivity contribution in [3.8, 4) is 16.9 Å². The van der Waals surface area contributed by atoms with Crippen molar-refractivity contribution in [1.82, 2.24) is 0 Å². The Morgan fingerprint density at radius 3 is 1.91 bits per heavy atom. The fourth-order valence-electron chi connectivity index (χ4n) is 2.41. The molecule has 1 unspecified atom stereocenters. The maximum absolute atomic E-state index is 9.56. The molecule has 1 atom stereocenters. The molecule has 0 saturated heterocycles. The Bertz CT molecular complexity index is 737. The molecule has 0 heterocycles. The van der Waals surface area contributed by atoms with Gasteiger partial charge in [-0.25, -0.2) is 0 Å². The number of hydrogen-bond acceptors (Lipinski definition) is 2. The van der Waals surface area contributed by atoms with Crippen LogP contribution < -0.4 is 4.74 Å². The summed E-state index contributed by atoms with van der Waals surface area (Å²) in [5.74, 6) is 0.727. The largest absolute Gasteiger partial charge is 0.483 e. The fraction of sp³-hybridized carbons (Fsp3) is 0.100. The molecule has 116 valence electrons. The van der Waals surface area contributed by atoms with Crippen LogP contribution in [0.1, 0.15) is 11.7 Å².